The Morgan fingerprint density at radius 2 is 1.50 bits per heavy atom. The SMILES string of the molecule is O=C1NC(c2ccccc2)N(CCN2CCN(c3ccccc3)CC2)c2c(O)cccc21. The Bertz CT molecular complexity index is 1070. The lowest BCUT2D eigenvalue weighted by Crippen LogP contribution is -2.52. The summed E-state index contributed by atoms with van der Waals surface area (Å²) in [6, 6.07) is 25.6. The molecular weight excluding hydrogens is 400 g/mol. The van der Waals surface area contributed by atoms with Gasteiger partial charge in [0.25, 0.3) is 5.91 Å². The van der Waals surface area contributed by atoms with Crippen LogP contribution in [-0.2, 0) is 0 Å². The molecule has 1 unspecified atom stereocenters. The molecule has 0 aliphatic carbocycles. The Hall–Kier alpha value is -3.51. The molecule has 2 aliphatic rings. The first-order valence-corrected chi connectivity index (χ1v) is 11.2. The molecule has 0 radical (unpaired) electrons. The number of rotatable bonds is 5. The molecule has 3 aromatic rings. The van der Waals surface area contributed by atoms with E-state index in [1.165, 1.54) is 5.69 Å². The van der Waals surface area contributed by atoms with Crippen LogP contribution >= 0.6 is 0 Å². The third-order valence-electron chi connectivity index (χ3n) is 6.39. The first kappa shape index (κ1) is 20.4. The predicted molar refractivity (Wildman–Crippen MR) is 127 cm³/mol. The van der Waals surface area contributed by atoms with Crippen molar-refractivity contribution in [1.82, 2.24) is 10.2 Å². The number of phenolic OH excluding ortho intramolecular Hbond substituents is 1. The smallest absolute Gasteiger partial charge is 0.255 e. The highest BCUT2D eigenvalue weighted by Crippen LogP contribution is 2.39. The maximum Gasteiger partial charge on any atom is 0.255 e. The lowest BCUT2D eigenvalue weighted by Gasteiger charge is -2.42. The minimum absolute atomic E-state index is 0.146. The van der Waals surface area contributed by atoms with Gasteiger partial charge in [-0.1, -0.05) is 54.6 Å². The molecular formula is C26H28N4O2. The van der Waals surface area contributed by atoms with Crippen LogP contribution < -0.4 is 15.1 Å². The maximum absolute atomic E-state index is 12.8. The summed E-state index contributed by atoms with van der Waals surface area (Å²) in [6.07, 6.45) is -0.310. The molecule has 164 valence electrons. The Balaban J connectivity index is 1.33. The average Bonchev–Trinajstić information content (AvgIpc) is 2.85. The van der Waals surface area contributed by atoms with Crippen LogP contribution in [0.3, 0.4) is 0 Å². The van der Waals surface area contributed by atoms with Crippen LogP contribution in [-0.4, -0.2) is 55.2 Å². The lowest BCUT2D eigenvalue weighted by molar-refractivity contribution is 0.0924. The number of amides is 1. The van der Waals surface area contributed by atoms with E-state index < -0.39 is 0 Å². The van der Waals surface area contributed by atoms with E-state index in [0.29, 0.717) is 17.8 Å². The number of anilines is 2. The highest BCUT2D eigenvalue weighted by Gasteiger charge is 2.34. The van der Waals surface area contributed by atoms with Crippen LogP contribution in [0.4, 0.5) is 11.4 Å². The van der Waals surface area contributed by atoms with Crippen molar-refractivity contribution in [3.8, 4) is 5.75 Å². The fourth-order valence-electron chi connectivity index (χ4n) is 4.68. The standard InChI is InChI=1S/C26H28N4O2/c31-23-13-7-12-22-24(23)30(25(27-26(22)32)20-8-3-1-4-9-20)19-16-28-14-17-29(18-15-28)21-10-5-2-6-11-21/h1-13,25,31H,14-19H2,(H,27,32). The van der Waals surface area contributed by atoms with Gasteiger partial charge in [-0.25, -0.2) is 0 Å². The van der Waals surface area contributed by atoms with Gasteiger partial charge < -0.3 is 20.2 Å². The summed E-state index contributed by atoms with van der Waals surface area (Å²) in [4.78, 5) is 19.8. The van der Waals surface area contributed by atoms with E-state index in [0.717, 1.165) is 38.3 Å². The Morgan fingerprint density at radius 3 is 2.22 bits per heavy atom. The van der Waals surface area contributed by atoms with Gasteiger partial charge in [-0.05, 0) is 29.8 Å². The van der Waals surface area contributed by atoms with Crippen LogP contribution in [0, 0.1) is 0 Å². The quantitative estimate of drug-likeness (QED) is 0.652. The zero-order chi connectivity index (χ0) is 21.9. The molecule has 5 rings (SSSR count). The molecule has 0 spiro atoms. The number of aromatic hydroxyl groups is 1. The summed E-state index contributed by atoms with van der Waals surface area (Å²) < 4.78 is 0. The van der Waals surface area contributed by atoms with Crippen molar-refractivity contribution in [1.29, 1.82) is 0 Å². The molecule has 32 heavy (non-hydrogen) atoms. The van der Waals surface area contributed by atoms with Gasteiger partial charge in [-0.3, -0.25) is 9.69 Å². The summed E-state index contributed by atoms with van der Waals surface area (Å²) in [5.74, 6) is -0.00958. The Labute approximate surface area is 188 Å². The fourth-order valence-corrected chi connectivity index (χ4v) is 4.68. The lowest BCUT2D eigenvalue weighted by atomic mass is 10.0. The van der Waals surface area contributed by atoms with Crippen LogP contribution in [0.1, 0.15) is 22.1 Å². The molecule has 2 aliphatic heterocycles. The van der Waals surface area contributed by atoms with E-state index >= 15 is 0 Å². The van der Waals surface area contributed by atoms with Gasteiger partial charge in [0.1, 0.15) is 11.9 Å². The van der Waals surface area contributed by atoms with Crippen molar-refractivity contribution in [3.05, 3.63) is 90.0 Å². The number of fused-ring (bicyclic) bond motifs is 1. The molecule has 6 heteroatoms. The van der Waals surface area contributed by atoms with Crippen LogP contribution in [0.5, 0.6) is 5.75 Å². The first-order chi connectivity index (χ1) is 15.7. The minimum Gasteiger partial charge on any atom is -0.506 e. The molecule has 0 bridgehead atoms. The number of carbonyl (C=O) groups is 1. The van der Waals surface area contributed by atoms with Gasteiger partial charge >= 0.3 is 0 Å². The predicted octanol–water partition coefficient (Wildman–Crippen LogP) is 3.46. The summed E-state index contributed by atoms with van der Waals surface area (Å²) in [5.41, 5.74) is 3.41. The third kappa shape index (κ3) is 4.01. The molecule has 2 heterocycles. The zero-order valence-corrected chi connectivity index (χ0v) is 18.0. The van der Waals surface area contributed by atoms with Gasteiger partial charge in [0.15, 0.2) is 0 Å². The van der Waals surface area contributed by atoms with Gasteiger partial charge in [0.05, 0.1) is 11.3 Å². The summed E-state index contributed by atoms with van der Waals surface area (Å²) in [6.45, 7) is 5.51. The number of hydrogen-bond acceptors (Lipinski definition) is 5. The maximum atomic E-state index is 12.8. The number of para-hydroxylation sites is 2. The Morgan fingerprint density at radius 1 is 0.812 bits per heavy atom. The average molecular weight is 429 g/mol. The number of carbonyl (C=O) groups excluding carboxylic acids is 1. The van der Waals surface area contributed by atoms with Crippen LogP contribution in [0.2, 0.25) is 0 Å². The number of benzene rings is 3. The molecule has 1 atom stereocenters. The molecule has 0 saturated carbocycles. The topological polar surface area (TPSA) is 59.1 Å². The highest BCUT2D eigenvalue weighted by atomic mass is 16.3. The molecule has 0 aromatic heterocycles. The molecule has 1 amide bonds. The number of nitrogens with zero attached hydrogens (tertiary/aromatic N) is 3. The molecule has 3 aromatic carbocycles. The zero-order valence-electron chi connectivity index (χ0n) is 18.0. The van der Waals surface area contributed by atoms with Crippen LogP contribution in [0.15, 0.2) is 78.9 Å². The first-order valence-electron chi connectivity index (χ1n) is 11.2. The third-order valence-corrected chi connectivity index (χ3v) is 6.39. The summed E-state index contributed by atoms with van der Waals surface area (Å²) in [7, 11) is 0. The van der Waals surface area contributed by atoms with Crippen molar-refractivity contribution < 1.29 is 9.90 Å². The normalized spacial score (nSPS) is 18.9. The number of nitrogens with one attached hydrogen (secondary N) is 1. The largest absolute Gasteiger partial charge is 0.506 e. The molecule has 1 saturated heterocycles. The van der Waals surface area contributed by atoms with Crippen molar-refractivity contribution in [2.75, 3.05) is 49.1 Å². The number of hydrogen-bond donors (Lipinski definition) is 2. The Kier molecular flexibility index (Phi) is 5.69. The molecule has 1 fully saturated rings. The van der Waals surface area contributed by atoms with Crippen molar-refractivity contribution >= 4 is 17.3 Å². The van der Waals surface area contributed by atoms with E-state index in [9.17, 15) is 9.90 Å². The van der Waals surface area contributed by atoms with E-state index in [4.69, 9.17) is 0 Å². The molecule has 6 nitrogen and oxygen atoms in total. The number of phenols is 1. The monoisotopic (exact) mass is 428 g/mol. The number of piperazine rings is 1. The summed E-state index contributed by atoms with van der Waals surface area (Å²) in [5, 5.41) is 13.8. The van der Waals surface area contributed by atoms with Gasteiger partial charge in [0, 0.05) is 45.0 Å². The van der Waals surface area contributed by atoms with E-state index in [1.807, 2.05) is 36.4 Å². The van der Waals surface area contributed by atoms with E-state index in [-0.39, 0.29) is 17.8 Å². The second-order valence-electron chi connectivity index (χ2n) is 8.32. The van der Waals surface area contributed by atoms with Crippen molar-refractivity contribution in [3.63, 3.8) is 0 Å². The highest BCUT2D eigenvalue weighted by molar-refractivity contribution is 6.03. The van der Waals surface area contributed by atoms with Crippen LogP contribution in [0.25, 0.3) is 0 Å². The molecule has 2 N–H and O–H groups in total. The van der Waals surface area contributed by atoms with E-state index in [1.54, 1.807) is 18.2 Å². The second-order valence-corrected chi connectivity index (χ2v) is 8.32. The fraction of sp³-hybridized carbons (Fsp3) is 0.269. The van der Waals surface area contributed by atoms with Gasteiger partial charge in [-0.2, -0.15) is 0 Å². The summed E-state index contributed by atoms with van der Waals surface area (Å²) >= 11 is 0. The second kappa shape index (κ2) is 8.93. The van der Waals surface area contributed by atoms with E-state index in [2.05, 4.69) is 44.3 Å². The van der Waals surface area contributed by atoms with Crippen molar-refractivity contribution in [2.45, 2.75) is 6.17 Å². The van der Waals surface area contributed by atoms with Gasteiger partial charge in [-0.15, -0.1) is 0 Å². The van der Waals surface area contributed by atoms with Gasteiger partial charge in [0.2, 0.25) is 0 Å². The van der Waals surface area contributed by atoms with Crippen molar-refractivity contribution in [2.24, 2.45) is 0 Å². The minimum atomic E-state index is -0.310.